The number of rotatable bonds is 7. The van der Waals surface area contributed by atoms with E-state index >= 15 is 0 Å². The number of nitrogens with two attached hydrogens (primary N) is 1. The van der Waals surface area contributed by atoms with Gasteiger partial charge in [-0.15, -0.1) is 0 Å². The highest BCUT2D eigenvalue weighted by molar-refractivity contribution is 7.89. The smallest absolute Gasteiger partial charge is 0.416 e. The van der Waals surface area contributed by atoms with Crippen molar-refractivity contribution in [1.29, 1.82) is 0 Å². The van der Waals surface area contributed by atoms with Crippen LogP contribution in [-0.4, -0.2) is 21.4 Å². The number of halogens is 3. The van der Waals surface area contributed by atoms with Gasteiger partial charge in [0.25, 0.3) is 0 Å². The summed E-state index contributed by atoms with van der Waals surface area (Å²) in [6.07, 6.45) is -4.69. The van der Waals surface area contributed by atoms with Gasteiger partial charge in [-0.25, -0.2) is 13.6 Å². The highest BCUT2D eigenvalue weighted by Gasteiger charge is 2.30. The number of hydrogen-bond donors (Lipinski definition) is 2. The molecule has 0 saturated carbocycles. The van der Waals surface area contributed by atoms with Crippen LogP contribution in [0.1, 0.15) is 11.1 Å². The van der Waals surface area contributed by atoms with E-state index in [9.17, 15) is 26.4 Å². The zero-order valence-corrected chi connectivity index (χ0v) is 18.0. The number of nitrogens with one attached hydrogen (secondary N) is 1. The van der Waals surface area contributed by atoms with E-state index in [2.05, 4.69) is 5.32 Å². The van der Waals surface area contributed by atoms with Crippen LogP contribution in [0.3, 0.4) is 0 Å². The van der Waals surface area contributed by atoms with Gasteiger partial charge in [0, 0.05) is 5.69 Å². The number of primary sulfonamides is 1. The normalized spacial score (nSPS) is 11.7. The number of benzene rings is 3. The number of carbonyl (C=O) groups is 1. The maximum atomic E-state index is 12.7. The third-order valence-corrected chi connectivity index (χ3v) is 5.40. The summed E-state index contributed by atoms with van der Waals surface area (Å²) in [6.45, 7) is 0. The molecule has 0 unspecified atom stereocenters. The van der Waals surface area contributed by atoms with Gasteiger partial charge in [0.05, 0.1) is 19.1 Å². The van der Waals surface area contributed by atoms with Crippen LogP contribution in [0.2, 0.25) is 0 Å². The Morgan fingerprint density at radius 1 is 0.970 bits per heavy atom. The molecule has 3 N–H and O–H groups in total. The lowest BCUT2D eigenvalue weighted by Gasteiger charge is -2.14. The van der Waals surface area contributed by atoms with Crippen LogP contribution in [0.5, 0.6) is 17.2 Å². The quantitative estimate of drug-likeness (QED) is 0.523. The first kappa shape index (κ1) is 24.1. The number of para-hydroxylation sites is 2. The fraction of sp³-hybridized carbons (Fsp3) is 0.136. The van der Waals surface area contributed by atoms with Crippen molar-refractivity contribution in [2.24, 2.45) is 5.14 Å². The van der Waals surface area contributed by atoms with E-state index in [1.807, 2.05) is 0 Å². The third-order valence-electron chi connectivity index (χ3n) is 4.47. The van der Waals surface area contributed by atoms with Gasteiger partial charge < -0.3 is 14.8 Å². The van der Waals surface area contributed by atoms with Gasteiger partial charge in [-0.1, -0.05) is 24.3 Å². The van der Waals surface area contributed by atoms with E-state index < -0.39 is 27.7 Å². The lowest BCUT2D eigenvalue weighted by molar-refractivity contribution is -0.137. The Balaban J connectivity index is 1.79. The van der Waals surface area contributed by atoms with E-state index in [4.69, 9.17) is 14.6 Å². The first-order valence-electron chi connectivity index (χ1n) is 9.41. The molecule has 3 aromatic rings. The Bertz CT molecular complexity index is 1260. The van der Waals surface area contributed by atoms with Gasteiger partial charge in [0.15, 0.2) is 11.5 Å². The van der Waals surface area contributed by atoms with Crippen LogP contribution < -0.4 is 19.9 Å². The number of methoxy groups -OCH3 is 1. The van der Waals surface area contributed by atoms with Crippen molar-refractivity contribution in [3.05, 3.63) is 77.9 Å². The summed E-state index contributed by atoms with van der Waals surface area (Å²) in [6, 6.07) is 14.6. The highest BCUT2D eigenvalue weighted by atomic mass is 32.2. The molecule has 0 aliphatic carbocycles. The van der Waals surface area contributed by atoms with E-state index in [-0.39, 0.29) is 28.5 Å². The predicted octanol–water partition coefficient (Wildman–Crippen LogP) is 4.33. The number of alkyl halides is 3. The van der Waals surface area contributed by atoms with Crippen LogP contribution in [0.4, 0.5) is 18.9 Å². The van der Waals surface area contributed by atoms with Gasteiger partial charge in [-0.05, 0) is 48.0 Å². The summed E-state index contributed by atoms with van der Waals surface area (Å²) < 4.78 is 73.0. The molecule has 0 bridgehead atoms. The van der Waals surface area contributed by atoms with Gasteiger partial charge >= 0.3 is 6.18 Å². The second kappa shape index (κ2) is 9.51. The minimum absolute atomic E-state index is 0.0808. The average Bonchev–Trinajstić information content (AvgIpc) is 2.74. The minimum Gasteiger partial charge on any atom is -0.493 e. The average molecular weight is 480 g/mol. The second-order valence-corrected chi connectivity index (χ2v) is 8.41. The number of sulfonamides is 1. The molecule has 7 nitrogen and oxygen atoms in total. The highest BCUT2D eigenvalue weighted by Crippen LogP contribution is 2.35. The van der Waals surface area contributed by atoms with Crippen molar-refractivity contribution in [2.45, 2.75) is 17.5 Å². The summed E-state index contributed by atoms with van der Waals surface area (Å²) in [5.74, 6) is -0.0213. The number of amides is 1. The van der Waals surface area contributed by atoms with Crippen molar-refractivity contribution in [3.8, 4) is 17.2 Å². The SMILES string of the molecule is COc1ccccc1Oc1ccc(NC(=O)Cc2ccc(C(F)(F)F)cc2)cc1S(N)(=O)=O. The Labute approximate surface area is 188 Å². The lowest BCUT2D eigenvalue weighted by atomic mass is 10.1. The zero-order chi connectivity index (χ0) is 24.2. The molecule has 0 aliphatic rings. The molecule has 0 atom stereocenters. The zero-order valence-electron chi connectivity index (χ0n) is 17.2. The summed E-state index contributed by atoms with van der Waals surface area (Å²) in [7, 11) is -2.80. The number of anilines is 1. The molecule has 3 rings (SSSR count). The first-order valence-corrected chi connectivity index (χ1v) is 11.0. The Kier molecular flexibility index (Phi) is 6.94. The van der Waals surface area contributed by atoms with Gasteiger partial charge in [-0.3, -0.25) is 4.79 Å². The molecular formula is C22H19F3N2O5S. The molecule has 0 aromatic heterocycles. The minimum atomic E-state index is -4.47. The molecule has 174 valence electrons. The third kappa shape index (κ3) is 6.24. The predicted molar refractivity (Wildman–Crippen MR) is 115 cm³/mol. The molecule has 1 amide bonds. The fourth-order valence-corrected chi connectivity index (χ4v) is 3.60. The van der Waals surface area contributed by atoms with Crippen LogP contribution in [0.25, 0.3) is 0 Å². The standard InChI is InChI=1S/C22H19F3N2O5S/c1-31-17-4-2-3-5-18(17)32-19-11-10-16(13-20(19)33(26,29)30)27-21(28)12-14-6-8-15(9-7-14)22(23,24)25/h2-11,13H,12H2,1H3,(H,27,28)(H2,26,29,30). The Hall–Kier alpha value is -3.57. The largest absolute Gasteiger partial charge is 0.493 e. The van der Waals surface area contributed by atoms with Gasteiger partial charge in [0.2, 0.25) is 15.9 Å². The van der Waals surface area contributed by atoms with Crippen LogP contribution in [-0.2, 0) is 27.4 Å². The van der Waals surface area contributed by atoms with Crippen LogP contribution in [0, 0.1) is 0 Å². The van der Waals surface area contributed by atoms with Crippen molar-refractivity contribution < 1.29 is 35.9 Å². The molecule has 3 aromatic carbocycles. The summed E-state index contributed by atoms with van der Waals surface area (Å²) in [5, 5.41) is 7.81. The summed E-state index contributed by atoms with van der Waals surface area (Å²) in [5.41, 5.74) is -0.360. The summed E-state index contributed by atoms with van der Waals surface area (Å²) in [4.78, 5) is 11.9. The van der Waals surface area contributed by atoms with Crippen molar-refractivity contribution >= 4 is 21.6 Å². The lowest BCUT2D eigenvalue weighted by Crippen LogP contribution is -2.17. The molecular weight excluding hydrogens is 461 g/mol. The Morgan fingerprint density at radius 3 is 2.18 bits per heavy atom. The first-order chi connectivity index (χ1) is 15.5. The van der Waals surface area contributed by atoms with Crippen molar-refractivity contribution in [3.63, 3.8) is 0 Å². The molecule has 0 fully saturated rings. The van der Waals surface area contributed by atoms with E-state index in [1.165, 1.54) is 31.4 Å². The van der Waals surface area contributed by atoms with Crippen molar-refractivity contribution in [1.82, 2.24) is 0 Å². The van der Waals surface area contributed by atoms with Crippen LogP contribution >= 0.6 is 0 Å². The summed E-state index contributed by atoms with van der Waals surface area (Å²) >= 11 is 0. The maximum absolute atomic E-state index is 12.7. The Morgan fingerprint density at radius 2 is 1.61 bits per heavy atom. The van der Waals surface area contributed by atoms with Gasteiger partial charge in [0.1, 0.15) is 10.6 Å². The number of carbonyl (C=O) groups excluding carboxylic acids is 1. The van der Waals surface area contributed by atoms with E-state index in [1.54, 1.807) is 24.3 Å². The maximum Gasteiger partial charge on any atom is 0.416 e. The molecule has 11 heteroatoms. The molecule has 0 saturated heterocycles. The number of ether oxygens (including phenoxy) is 2. The molecule has 0 radical (unpaired) electrons. The number of hydrogen-bond acceptors (Lipinski definition) is 5. The molecule has 33 heavy (non-hydrogen) atoms. The van der Waals surface area contributed by atoms with Crippen molar-refractivity contribution in [2.75, 3.05) is 12.4 Å². The monoisotopic (exact) mass is 480 g/mol. The molecule has 0 spiro atoms. The van der Waals surface area contributed by atoms with E-state index in [0.717, 1.165) is 18.2 Å². The van der Waals surface area contributed by atoms with Crippen LogP contribution in [0.15, 0.2) is 71.6 Å². The molecule has 0 heterocycles. The fourth-order valence-electron chi connectivity index (χ4n) is 2.92. The second-order valence-electron chi connectivity index (χ2n) is 6.88. The topological polar surface area (TPSA) is 108 Å². The van der Waals surface area contributed by atoms with E-state index in [0.29, 0.717) is 11.3 Å². The van der Waals surface area contributed by atoms with Gasteiger partial charge in [-0.2, -0.15) is 13.2 Å². The molecule has 0 aliphatic heterocycles.